The van der Waals surface area contributed by atoms with Crippen LogP contribution in [0.3, 0.4) is 0 Å². The number of carbonyl (C=O) groups excluding carboxylic acids is 1. The summed E-state index contributed by atoms with van der Waals surface area (Å²) in [6.45, 7) is 5.57. The molecule has 2 heterocycles. The van der Waals surface area contributed by atoms with Crippen LogP contribution in [0.1, 0.15) is 32.3 Å². The fourth-order valence-corrected chi connectivity index (χ4v) is 4.31. The number of esters is 1. The highest BCUT2D eigenvalue weighted by atomic mass is 35.5. The van der Waals surface area contributed by atoms with Crippen LogP contribution in [0.25, 0.3) is 10.9 Å². The number of nitrogens with zero attached hydrogens (tertiary/aromatic N) is 3. The number of unbranched alkanes of at least 4 members (excludes halogenated alkanes) is 1. The second-order valence-corrected chi connectivity index (χ2v) is 8.82. The smallest absolute Gasteiger partial charge is 0.317 e. The number of pyridine rings is 1. The molecule has 2 unspecified atom stereocenters. The molecule has 1 aliphatic rings. The van der Waals surface area contributed by atoms with Crippen LogP contribution in [0, 0.1) is 5.92 Å². The highest BCUT2D eigenvalue weighted by Crippen LogP contribution is 2.24. The fraction of sp³-hybridized carbons (Fsp3) is 0.333. The number of ether oxygens (including phenoxy) is 1. The molecule has 0 fully saturated rings. The summed E-state index contributed by atoms with van der Waals surface area (Å²) in [5, 5.41) is 8.49. The summed E-state index contributed by atoms with van der Waals surface area (Å²) in [7, 11) is 0. The van der Waals surface area contributed by atoms with Crippen molar-refractivity contribution in [3.63, 3.8) is 0 Å². The maximum atomic E-state index is 12.6. The third-order valence-electron chi connectivity index (χ3n) is 5.85. The van der Waals surface area contributed by atoms with E-state index in [2.05, 4.69) is 20.6 Å². The quantitative estimate of drug-likeness (QED) is 0.321. The molecule has 4 rings (SSSR count). The van der Waals surface area contributed by atoms with Crippen LogP contribution in [0.15, 0.2) is 70.8 Å². The van der Waals surface area contributed by atoms with Crippen LogP contribution in [0.2, 0.25) is 5.02 Å². The molecule has 35 heavy (non-hydrogen) atoms. The maximum Gasteiger partial charge on any atom is 0.317 e. The SMILES string of the molecule is CCOC(=O)C1C(c2ccccc2)=NC(=NCCCCNc2ccnc3cc(Cl)ccc23)NC1C. The van der Waals surface area contributed by atoms with E-state index in [0.29, 0.717) is 29.8 Å². The van der Waals surface area contributed by atoms with Gasteiger partial charge in [-0.05, 0) is 56.5 Å². The summed E-state index contributed by atoms with van der Waals surface area (Å²) >= 11 is 6.08. The number of nitrogens with one attached hydrogen (secondary N) is 2. The van der Waals surface area contributed by atoms with E-state index in [0.717, 1.165) is 41.5 Å². The number of halogens is 1. The van der Waals surface area contributed by atoms with Crippen molar-refractivity contribution in [2.24, 2.45) is 15.9 Å². The van der Waals surface area contributed by atoms with Crippen molar-refractivity contribution >= 4 is 45.8 Å². The minimum atomic E-state index is -0.481. The van der Waals surface area contributed by atoms with Gasteiger partial charge in [0.2, 0.25) is 5.96 Å². The number of anilines is 1. The first-order valence-corrected chi connectivity index (χ1v) is 12.3. The molecule has 0 amide bonds. The first kappa shape index (κ1) is 24.7. The van der Waals surface area contributed by atoms with Crippen LogP contribution in [-0.4, -0.2) is 48.4 Å². The normalized spacial score (nSPS) is 18.7. The summed E-state index contributed by atoms with van der Waals surface area (Å²) in [4.78, 5) is 26.4. The Morgan fingerprint density at radius 3 is 2.80 bits per heavy atom. The molecular formula is C27H30ClN5O2. The molecule has 3 aromatic rings. The molecule has 1 aliphatic heterocycles. The van der Waals surface area contributed by atoms with Crippen molar-refractivity contribution < 1.29 is 9.53 Å². The minimum Gasteiger partial charge on any atom is -0.465 e. The second kappa shape index (κ2) is 11.8. The Bertz CT molecular complexity index is 1230. The molecule has 2 N–H and O–H groups in total. The number of aliphatic imine (C=N–C) groups is 2. The molecule has 182 valence electrons. The average Bonchev–Trinajstić information content (AvgIpc) is 2.86. The van der Waals surface area contributed by atoms with Gasteiger partial charge < -0.3 is 15.4 Å². The van der Waals surface area contributed by atoms with E-state index in [1.165, 1.54) is 0 Å². The Kier molecular flexibility index (Phi) is 8.32. The third-order valence-corrected chi connectivity index (χ3v) is 6.09. The Balaban J connectivity index is 1.37. The third kappa shape index (κ3) is 6.17. The predicted molar refractivity (Wildman–Crippen MR) is 142 cm³/mol. The lowest BCUT2D eigenvalue weighted by molar-refractivity contribution is -0.146. The molecule has 0 aliphatic carbocycles. The minimum absolute atomic E-state index is 0.171. The maximum absolute atomic E-state index is 12.6. The van der Waals surface area contributed by atoms with Crippen molar-refractivity contribution in [3.8, 4) is 0 Å². The summed E-state index contributed by atoms with van der Waals surface area (Å²) in [6.07, 6.45) is 3.64. The van der Waals surface area contributed by atoms with Gasteiger partial charge in [-0.2, -0.15) is 0 Å². The Hall–Kier alpha value is -3.45. The lowest BCUT2D eigenvalue weighted by atomic mass is 9.89. The van der Waals surface area contributed by atoms with Crippen molar-refractivity contribution in [1.82, 2.24) is 10.3 Å². The van der Waals surface area contributed by atoms with E-state index in [9.17, 15) is 4.79 Å². The fourth-order valence-electron chi connectivity index (χ4n) is 4.14. The number of hydrogen-bond acceptors (Lipinski definition) is 5. The van der Waals surface area contributed by atoms with Crippen molar-refractivity contribution in [2.75, 3.05) is 25.0 Å². The molecule has 1 aromatic heterocycles. The number of guanidine groups is 1. The zero-order chi connectivity index (χ0) is 24.6. The van der Waals surface area contributed by atoms with E-state index in [4.69, 9.17) is 21.3 Å². The van der Waals surface area contributed by atoms with Crippen LogP contribution >= 0.6 is 11.6 Å². The van der Waals surface area contributed by atoms with Crippen LogP contribution in [0.4, 0.5) is 5.69 Å². The van der Waals surface area contributed by atoms with Gasteiger partial charge in [-0.25, -0.2) is 4.99 Å². The standard InChI is InChI=1S/C27H30ClN5O2/c1-3-35-26(34)24-18(2)32-27(33-25(24)19-9-5-4-6-10-19)31-15-8-7-14-29-22-13-16-30-23-17-20(28)11-12-21(22)23/h4-6,9-13,16-18,24H,3,7-8,14-15H2,1-2H3,(H,29,30)(H,31,32). The van der Waals surface area contributed by atoms with Crippen molar-refractivity contribution in [2.45, 2.75) is 32.7 Å². The number of rotatable bonds is 9. The second-order valence-electron chi connectivity index (χ2n) is 8.38. The Labute approximate surface area is 210 Å². The van der Waals surface area contributed by atoms with Gasteiger partial charge in [-0.15, -0.1) is 0 Å². The number of benzene rings is 2. The topological polar surface area (TPSA) is 88.0 Å². The molecule has 0 saturated carbocycles. The molecule has 7 nitrogen and oxygen atoms in total. The monoisotopic (exact) mass is 491 g/mol. The first-order chi connectivity index (χ1) is 17.1. The zero-order valence-corrected chi connectivity index (χ0v) is 20.8. The first-order valence-electron chi connectivity index (χ1n) is 12.0. The number of carbonyl (C=O) groups is 1. The summed E-state index contributed by atoms with van der Waals surface area (Å²) in [5.74, 6) is -0.196. The van der Waals surface area contributed by atoms with E-state index in [-0.39, 0.29) is 12.0 Å². The molecule has 0 saturated heterocycles. The van der Waals surface area contributed by atoms with Gasteiger partial charge >= 0.3 is 5.97 Å². The van der Waals surface area contributed by atoms with Gasteiger partial charge in [-0.3, -0.25) is 14.8 Å². The summed E-state index contributed by atoms with van der Waals surface area (Å²) < 4.78 is 5.32. The molecule has 0 bridgehead atoms. The molecule has 2 aromatic carbocycles. The molecule has 8 heteroatoms. The highest BCUT2D eigenvalue weighted by Gasteiger charge is 2.36. The number of aromatic nitrogens is 1. The van der Waals surface area contributed by atoms with Gasteiger partial charge in [0.1, 0.15) is 5.92 Å². The molecular weight excluding hydrogens is 462 g/mol. The van der Waals surface area contributed by atoms with Gasteiger partial charge in [0.25, 0.3) is 0 Å². The van der Waals surface area contributed by atoms with Gasteiger partial charge in [0.15, 0.2) is 0 Å². The van der Waals surface area contributed by atoms with E-state index in [1.54, 1.807) is 6.20 Å². The van der Waals surface area contributed by atoms with Gasteiger partial charge in [0.05, 0.1) is 17.8 Å². The zero-order valence-electron chi connectivity index (χ0n) is 20.0. The average molecular weight is 492 g/mol. The van der Waals surface area contributed by atoms with Crippen LogP contribution in [-0.2, 0) is 9.53 Å². The highest BCUT2D eigenvalue weighted by molar-refractivity contribution is 6.31. The Morgan fingerprint density at radius 2 is 2.00 bits per heavy atom. The van der Waals surface area contributed by atoms with Crippen molar-refractivity contribution in [1.29, 1.82) is 0 Å². The van der Waals surface area contributed by atoms with E-state index >= 15 is 0 Å². The summed E-state index contributed by atoms with van der Waals surface area (Å²) in [6, 6.07) is 17.3. The largest absolute Gasteiger partial charge is 0.465 e. The Morgan fingerprint density at radius 1 is 1.17 bits per heavy atom. The van der Waals surface area contributed by atoms with Gasteiger partial charge in [-0.1, -0.05) is 41.9 Å². The summed E-state index contributed by atoms with van der Waals surface area (Å²) in [5.41, 5.74) is 3.52. The predicted octanol–water partition coefficient (Wildman–Crippen LogP) is 5.10. The van der Waals surface area contributed by atoms with Crippen molar-refractivity contribution in [3.05, 3.63) is 71.4 Å². The molecule has 0 spiro atoms. The lowest BCUT2D eigenvalue weighted by Gasteiger charge is -2.29. The van der Waals surface area contributed by atoms with Crippen LogP contribution in [0.5, 0.6) is 0 Å². The number of hydrogen-bond donors (Lipinski definition) is 2. The van der Waals surface area contributed by atoms with Gasteiger partial charge in [0, 0.05) is 41.4 Å². The molecule has 0 radical (unpaired) electrons. The molecule has 2 atom stereocenters. The van der Waals surface area contributed by atoms with E-state index < -0.39 is 5.92 Å². The lowest BCUT2D eigenvalue weighted by Crippen LogP contribution is -2.50. The van der Waals surface area contributed by atoms with Crippen LogP contribution < -0.4 is 10.6 Å². The number of fused-ring (bicyclic) bond motifs is 1. The van der Waals surface area contributed by atoms with E-state index in [1.807, 2.05) is 68.4 Å².